The average Bonchev–Trinajstić information content (AvgIpc) is 2.27. The van der Waals surface area contributed by atoms with E-state index in [0.29, 0.717) is 6.42 Å². The lowest BCUT2D eigenvalue weighted by Crippen LogP contribution is -2.35. The Balaban J connectivity index is 2.13. The smallest absolute Gasteiger partial charge is 0.221 e. The fourth-order valence-electron chi connectivity index (χ4n) is 1.86. The van der Waals surface area contributed by atoms with Gasteiger partial charge in [0.1, 0.15) is 0 Å². The number of hydrogen-bond acceptors (Lipinski definition) is 2. The lowest BCUT2D eigenvalue weighted by Gasteiger charge is -2.21. The molecule has 0 aromatic heterocycles. The van der Waals surface area contributed by atoms with Crippen molar-refractivity contribution in [2.45, 2.75) is 38.6 Å². The van der Waals surface area contributed by atoms with Crippen LogP contribution in [-0.4, -0.2) is 25.5 Å². The van der Waals surface area contributed by atoms with Crippen molar-refractivity contribution in [1.82, 2.24) is 10.6 Å². The van der Waals surface area contributed by atoms with Crippen LogP contribution in [0.4, 0.5) is 0 Å². The van der Waals surface area contributed by atoms with Gasteiger partial charge in [-0.1, -0.05) is 12.2 Å². The van der Waals surface area contributed by atoms with Crippen molar-refractivity contribution in [3.05, 3.63) is 12.2 Å². The number of hydrogen-bond donors (Lipinski definition) is 2. The van der Waals surface area contributed by atoms with Gasteiger partial charge in [-0.05, 0) is 38.6 Å². The first-order valence-electron chi connectivity index (χ1n) is 5.81. The second-order valence-corrected chi connectivity index (χ2v) is 4.34. The normalized spacial score (nSPS) is 22.4. The van der Waals surface area contributed by atoms with Crippen LogP contribution in [0.2, 0.25) is 0 Å². The molecule has 1 amide bonds. The number of amides is 1. The lowest BCUT2D eigenvalue weighted by atomic mass is 9.94. The molecule has 3 heteroatoms. The third-order valence-electron chi connectivity index (χ3n) is 2.90. The quantitative estimate of drug-likeness (QED) is 0.674. The first kappa shape index (κ1) is 12.2. The number of carbonyl (C=O) groups is 1. The summed E-state index contributed by atoms with van der Waals surface area (Å²) in [6, 6.07) is 0.274. The zero-order valence-corrected chi connectivity index (χ0v) is 9.75. The minimum absolute atomic E-state index is 0.110. The second kappa shape index (κ2) is 6.62. The molecule has 1 aliphatic rings. The molecule has 3 nitrogen and oxygen atoms in total. The summed E-state index contributed by atoms with van der Waals surface area (Å²) in [4.78, 5) is 11.1. The zero-order chi connectivity index (χ0) is 11.1. The molecule has 0 heterocycles. The van der Waals surface area contributed by atoms with Crippen LogP contribution in [0.5, 0.6) is 0 Å². The molecule has 0 saturated heterocycles. The zero-order valence-electron chi connectivity index (χ0n) is 9.75. The number of nitrogens with one attached hydrogen (secondary N) is 2. The molecule has 86 valence electrons. The van der Waals surface area contributed by atoms with Gasteiger partial charge in [-0.15, -0.1) is 0 Å². The van der Waals surface area contributed by atoms with Gasteiger partial charge in [0, 0.05) is 19.5 Å². The van der Waals surface area contributed by atoms with Crippen molar-refractivity contribution >= 4 is 5.91 Å². The van der Waals surface area contributed by atoms with Gasteiger partial charge in [0.25, 0.3) is 0 Å². The molecule has 1 aliphatic carbocycles. The Labute approximate surface area is 92.3 Å². The van der Waals surface area contributed by atoms with Crippen molar-refractivity contribution in [1.29, 1.82) is 0 Å². The van der Waals surface area contributed by atoms with Crippen molar-refractivity contribution in [3.8, 4) is 0 Å². The molecule has 1 rings (SSSR count). The standard InChI is InChI=1S/C12H22N2O/c1-10(8-12(15)13-2)14-9-11-6-4-3-5-7-11/h3-4,10-11,14H,5-9H2,1-2H3,(H,13,15). The fraction of sp³-hybridized carbons (Fsp3) is 0.750. The summed E-state index contributed by atoms with van der Waals surface area (Å²) in [6.45, 7) is 3.09. The molecular formula is C12H22N2O. The van der Waals surface area contributed by atoms with E-state index in [-0.39, 0.29) is 11.9 Å². The van der Waals surface area contributed by atoms with E-state index in [1.54, 1.807) is 7.05 Å². The Morgan fingerprint density at radius 2 is 2.33 bits per heavy atom. The van der Waals surface area contributed by atoms with Crippen molar-refractivity contribution in [3.63, 3.8) is 0 Å². The van der Waals surface area contributed by atoms with Crippen LogP contribution in [0.15, 0.2) is 12.2 Å². The van der Waals surface area contributed by atoms with Crippen molar-refractivity contribution in [2.24, 2.45) is 5.92 Å². The second-order valence-electron chi connectivity index (χ2n) is 4.34. The van der Waals surface area contributed by atoms with Gasteiger partial charge >= 0.3 is 0 Å². The Morgan fingerprint density at radius 3 is 2.93 bits per heavy atom. The fourth-order valence-corrected chi connectivity index (χ4v) is 1.86. The minimum atomic E-state index is 0.110. The lowest BCUT2D eigenvalue weighted by molar-refractivity contribution is -0.121. The molecule has 0 saturated carbocycles. The van der Waals surface area contributed by atoms with Crippen molar-refractivity contribution < 1.29 is 4.79 Å². The molecule has 0 fully saturated rings. The van der Waals surface area contributed by atoms with E-state index >= 15 is 0 Å². The van der Waals surface area contributed by atoms with E-state index in [1.807, 2.05) is 0 Å². The predicted octanol–water partition coefficient (Wildman–Crippen LogP) is 1.46. The van der Waals surface area contributed by atoms with Crippen LogP contribution in [-0.2, 0) is 4.79 Å². The molecule has 0 aromatic carbocycles. The Hall–Kier alpha value is -0.830. The van der Waals surface area contributed by atoms with Crippen LogP contribution in [0, 0.1) is 5.92 Å². The number of rotatable bonds is 5. The van der Waals surface area contributed by atoms with Crippen LogP contribution < -0.4 is 10.6 Å². The van der Waals surface area contributed by atoms with Crippen LogP contribution >= 0.6 is 0 Å². The van der Waals surface area contributed by atoms with Gasteiger partial charge in [-0.25, -0.2) is 0 Å². The Kier molecular flexibility index (Phi) is 5.40. The van der Waals surface area contributed by atoms with Gasteiger partial charge in [0.2, 0.25) is 5.91 Å². The van der Waals surface area contributed by atoms with E-state index in [0.717, 1.165) is 12.5 Å². The van der Waals surface area contributed by atoms with Gasteiger partial charge in [0.05, 0.1) is 0 Å². The molecule has 0 bridgehead atoms. The summed E-state index contributed by atoms with van der Waals surface area (Å²) in [7, 11) is 1.68. The van der Waals surface area contributed by atoms with Gasteiger partial charge in [0.15, 0.2) is 0 Å². The summed E-state index contributed by atoms with van der Waals surface area (Å²) in [5.74, 6) is 0.862. The van der Waals surface area contributed by atoms with Crippen molar-refractivity contribution in [2.75, 3.05) is 13.6 Å². The maximum Gasteiger partial charge on any atom is 0.221 e. The van der Waals surface area contributed by atoms with Gasteiger partial charge < -0.3 is 10.6 Å². The van der Waals surface area contributed by atoms with E-state index in [2.05, 4.69) is 29.7 Å². The molecule has 2 N–H and O–H groups in total. The molecule has 2 atom stereocenters. The van der Waals surface area contributed by atoms with Gasteiger partial charge in [-0.3, -0.25) is 4.79 Å². The average molecular weight is 210 g/mol. The maximum absolute atomic E-state index is 11.1. The summed E-state index contributed by atoms with van der Waals surface area (Å²) in [6.07, 6.45) is 8.74. The summed E-state index contributed by atoms with van der Waals surface area (Å²) < 4.78 is 0. The van der Waals surface area contributed by atoms with Crippen LogP contribution in [0.3, 0.4) is 0 Å². The molecule has 0 spiro atoms. The van der Waals surface area contributed by atoms with Crippen LogP contribution in [0.25, 0.3) is 0 Å². The third-order valence-corrected chi connectivity index (χ3v) is 2.90. The molecule has 15 heavy (non-hydrogen) atoms. The Morgan fingerprint density at radius 1 is 1.53 bits per heavy atom. The molecule has 2 unspecified atom stereocenters. The summed E-state index contributed by atoms with van der Waals surface area (Å²) >= 11 is 0. The minimum Gasteiger partial charge on any atom is -0.359 e. The SMILES string of the molecule is CNC(=O)CC(C)NCC1CC=CCC1. The van der Waals surface area contributed by atoms with Crippen LogP contribution in [0.1, 0.15) is 32.6 Å². The monoisotopic (exact) mass is 210 g/mol. The van der Waals surface area contributed by atoms with E-state index in [1.165, 1.54) is 19.3 Å². The first-order valence-corrected chi connectivity index (χ1v) is 5.81. The van der Waals surface area contributed by atoms with E-state index in [9.17, 15) is 4.79 Å². The first-order chi connectivity index (χ1) is 7.22. The number of allylic oxidation sites excluding steroid dienone is 2. The highest BCUT2D eigenvalue weighted by Crippen LogP contribution is 2.17. The topological polar surface area (TPSA) is 41.1 Å². The predicted molar refractivity (Wildman–Crippen MR) is 62.6 cm³/mol. The third kappa shape index (κ3) is 4.98. The molecule has 0 aliphatic heterocycles. The number of carbonyl (C=O) groups excluding carboxylic acids is 1. The van der Waals surface area contributed by atoms with E-state index < -0.39 is 0 Å². The summed E-state index contributed by atoms with van der Waals surface area (Å²) in [5.41, 5.74) is 0. The highest BCUT2D eigenvalue weighted by molar-refractivity contribution is 5.76. The molecular weight excluding hydrogens is 188 g/mol. The highest BCUT2D eigenvalue weighted by atomic mass is 16.1. The maximum atomic E-state index is 11.1. The Bertz CT molecular complexity index is 226. The van der Waals surface area contributed by atoms with E-state index in [4.69, 9.17) is 0 Å². The summed E-state index contributed by atoms with van der Waals surface area (Å²) in [5, 5.41) is 6.07. The highest BCUT2D eigenvalue weighted by Gasteiger charge is 2.12. The molecule has 0 radical (unpaired) electrons. The van der Waals surface area contributed by atoms with Gasteiger partial charge in [-0.2, -0.15) is 0 Å². The molecule has 0 aromatic rings. The largest absolute Gasteiger partial charge is 0.359 e.